The maximum absolute atomic E-state index is 13.5. The lowest BCUT2D eigenvalue weighted by molar-refractivity contribution is -0.140. The first-order chi connectivity index (χ1) is 12.5. The predicted molar refractivity (Wildman–Crippen MR) is 105 cm³/mol. The molecule has 0 bridgehead atoms. The zero-order valence-electron chi connectivity index (χ0n) is 16.2. The summed E-state index contributed by atoms with van der Waals surface area (Å²) in [5.74, 6) is 1.07. The molecule has 1 saturated carbocycles. The second-order valence-corrected chi connectivity index (χ2v) is 8.10. The summed E-state index contributed by atoms with van der Waals surface area (Å²) in [5.41, 5.74) is 1.56. The van der Waals surface area contributed by atoms with Crippen LogP contribution in [0.5, 0.6) is 0 Å². The molecule has 4 heteroatoms. The molecule has 1 aliphatic heterocycles. The van der Waals surface area contributed by atoms with Crippen molar-refractivity contribution < 1.29 is 9.59 Å². The topological polar surface area (TPSA) is 49.4 Å². The average Bonchev–Trinajstić information content (AvgIpc) is 2.69. The molecule has 26 heavy (non-hydrogen) atoms. The maximum Gasteiger partial charge on any atom is 0.233 e. The number of rotatable bonds is 4. The summed E-state index contributed by atoms with van der Waals surface area (Å²) in [6, 6.07) is 8.01. The second kappa shape index (κ2) is 8.24. The normalized spacial score (nSPS) is 20.6. The summed E-state index contributed by atoms with van der Waals surface area (Å²) in [6.07, 6.45) is 8.04. The van der Waals surface area contributed by atoms with Gasteiger partial charge in [0.1, 0.15) is 0 Å². The van der Waals surface area contributed by atoms with Gasteiger partial charge in [0.05, 0.1) is 5.41 Å². The predicted octanol–water partition coefficient (Wildman–Crippen LogP) is 4.50. The number of likely N-dealkylation sites (tertiary alicyclic amines) is 1. The van der Waals surface area contributed by atoms with E-state index >= 15 is 0 Å². The van der Waals surface area contributed by atoms with E-state index in [1.54, 1.807) is 0 Å². The molecular weight excluding hydrogens is 324 g/mol. The molecule has 4 nitrogen and oxygen atoms in total. The Morgan fingerprint density at radius 2 is 1.69 bits per heavy atom. The molecule has 1 aliphatic carbocycles. The van der Waals surface area contributed by atoms with Gasteiger partial charge in [0.15, 0.2) is 0 Å². The van der Waals surface area contributed by atoms with E-state index in [4.69, 9.17) is 0 Å². The summed E-state index contributed by atoms with van der Waals surface area (Å²) in [5, 5.41) is 2.90. The van der Waals surface area contributed by atoms with E-state index in [9.17, 15) is 9.59 Å². The molecule has 3 rings (SSSR count). The van der Waals surface area contributed by atoms with E-state index in [0.717, 1.165) is 68.8 Å². The van der Waals surface area contributed by atoms with Gasteiger partial charge in [-0.2, -0.15) is 0 Å². The summed E-state index contributed by atoms with van der Waals surface area (Å²) in [6.45, 7) is 5.92. The molecule has 1 aromatic rings. The molecule has 2 fully saturated rings. The largest absolute Gasteiger partial charge is 0.342 e. The highest BCUT2D eigenvalue weighted by atomic mass is 16.2. The number of carbonyl (C=O) groups is 2. The summed E-state index contributed by atoms with van der Waals surface area (Å²) >= 11 is 0. The number of anilines is 1. The number of hydrogen-bond acceptors (Lipinski definition) is 2. The van der Waals surface area contributed by atoms with Crippen LogP contribution >= 0.6 is 0 Å². The molecule has 142 valence electrons. The van der Waals surface area contributed by atoms with Crippen LogP contribution < -0.4 is 5.32 Å². The molecular formula is C22H32N2O2. The molecule has 0 atom stereocenters. The van der Waals surface area contributed by atoms with Gasteiger partial charge in [-0.25, -0.2) is 0 Å². The number of nitrogens with one attached hydrogen (secondary N) is 1. The fourth-order valence-electron chi connectivity index (χ4n) is 4.42. The fraction of sp³-hybridized carbons (Fsp3) is 0.636. The number of nitrogens with zero attached hydrogens (tertiary/aromatic N) is 1. The van der Waals surface area contributed by atoms with Crippen molar-refractivity contribution in [2.75, 3.05) is 18.4 Å². The van der Waals surface area contributed by atoms with E-state index in [1.807, 2.05) is 19.1 Å². The standard InChI is InChI=1S/C22H32N2O2/c1-3-20(25)23-19-9-7-18(8-10-19)22(13-5-4-6-14-22)21(26)24-15-11-17(2)12-16-24/h7-10,17H,3-6,11-16H2,1-2H3,(H,23,25). The van der Waals surface area contributed by atoms with E-state index in [1.165, 1.54) is 6.42 Å². The smallest absolute Gasteiger partial charge is 0.233 e. The quantitative estimate of drug-likeness (QED) is 0.864. The molecule has 2 amide bonds. The van der Waals surface area contributed by atoms with E-state index < -0.39 is 0 Å². The molecule has 1 N–H and O–H groups in total. The van der Waals surface area contributed by atoms with Gasteiger partial charge >= 0.3 is 0 Å². The Bertz CT molecular complexity index is 624. The van der Waals surface area contributed by atoms with Crippen LogP contribution in [0, 0.1) is 5.92 Å². The highest BCUT2D eigenvalue weighted by Crippen LogP contribution is 2.42. The lowest BCUT2D eigenvalue weighted by Gasteiger charge is -2.42. The van der Waals surface area contributed by atoms with Gasteiger partial charge in [-0.05, 0) is 49.3 Å². The highest BCUT2D eigenvalue weighted by Gasteiger charge is 2.43. The van der Waals surface area contributed by atoms with Gasteiger partial charge in [0.2, 0.25) is 11.8 Å². The van der Waals surface area contributed by atoms with Crippen molar-refractivity contribution in [1.82, 2.24) is 4.90 Å². The lowest BCUT2D eigenvalue weighted by atomic mass is 9.68. The third-order valence-corrected chi connectivity index (χ3v) is 6.23. The minimum atomic E-state index is -0.369. The van der Waals surface area contributed by atoms with Crippen molar-refractivity contribution >= 4 is 17.5 Å². The Morgan fingerprint density at radius 3 is 2.27 bits per heavy atom. The minimum absolute atomic E-state index is 0.0173. The third kappa shape index (κ3) is 3.94. The first-order valence-corrected chi connectivity index (χ1v) is 10.2. The highest BCUT2D eigenvalue weighted by molar-refractivity contribution is 5.91. The number of benzene rings is 1. The maximum atomic E-state index is 13.5. The Balaban J connectivity index is 1.83. The van der Waals surface area contributed by atoms with Crippen LogP contribution in [0.15, 0.2) is 24.3 Å². The SMILES string of the molecule is CCC(=O)Nc1ccc(C2(C(=O)N3CCC(C)CC3)CCCCC2)cc1. The first kappa shape index (κ1) is 18.9. The molecule has 0 aromatic heterocycles. The van der Waals surface area contributed by atoms with Crippen molar-refractivity contribution in [3.8, 4) is 0 Å². The zero-order chi connectivity index (χ0) is 18.6. The Kier molecular flexibility index (Phi) is 6.00. The van der Waals surface area contributed by atoms with Crippen molar-refractivity contribution in [2.45, 2.75) is 70.6 Å². The summed E-state index contributed by atoms with van der Waals surface area (Å²) in [7, 11) is 0. The van der Waals surface area contributed by atoms with E-state index in [-0.39, 0.29) is 11.3 Å². The Hall–Kier alpha value is -1.84. The molecule has 2 aliphatic rings. The molecule has 0 spiro atoms. The fourth-order valence-corrected chi connectivity index (χ4v) is 4.42. The van der Waals surface area contributed by atoms with Crippen molar-refractivity contribution in [3.05, 3.63) is 29.8 Å². The van der Waals surface area contributed by atoms with Crippen molar-refractivity contribution in [3.63, 3.8) is 0 Å². The average molecular weight is 357 g/mol. The van der Waals surface area contributed by atoms with Crippen LogP contribution in [0.3, 0.4) is 0 Å². The number of carbonyl (C=O) groups excluding carboxylic acids is 2. The van der Waals surface area contributed by atoms with Crippen LogP contribution in [0.2, 0.25) is 0 Å². The van der Waals surface area contributed by atoms with Gasteiger partial charge in [0, 0.05) is 25.2 Å². The van der Waals surface area contributed by atoms with Crippen LogP contribution in [-0.4, -0.2) is 29.8 Å². The zero-order valence-corrected chi connectivity index (χ0v) is 16.2. The number of piperidine rings is 1. The second-order valence-electron chi connectivity index (χ2n) is 8.10. The lowest BCUT2D eigenvalue weighted by Crippen LogP contribution is -2.50. The Labute approximate surface area is 157 Å². The Morgan fingerprint density at radius 1 is 1.08 bits per heavy atom. The van der Waals surface area contributed by atoms with Gasteiger partial charge in [0.25, 0.3) is 0 Å². The summed E-state index contributed by atoms with van der Waals surface area (Å²) < 4.78 is 0. The first-order valence-electron chi connectivity index (χ1n) is 10.2. The van der Waals surface area contributed by atoms with Gasteiger partial charge in [-0.1, -0.05) is 45.2 Å². The van der Waals surface area contributed by atoms with Gasteiger partial charge < -0.3 is 10.2 Å². The molecule has 1 heterocycles. The summed E-state index contributed by atoms with van der Waals surface area (Å²) in [4.78, 5) is 27.3. The van der Waals surface area contributed by atoms with E-state index in [2.05, 4.69) is 29.3 Å². The van der Waals surface area contributed by atoms with Crippen molar-refractivity contribution in [1.29, 1.82) is 0 Å². The van der Waals surface area contributed by atoms with Gasteiger partial charge in [-0.15, -0.1) is 0 Å². The molecule has 0 unspecified atom stereocenters. The number of amides is 2. The van der Waals surface area contributed by atoms with Crippen LogP contribution in [0.1, 0.15) is 70.8 Å². The van der Waals surface area contributed by atoms with E-state index in [0.29, 0.717) is 12.3 Å². The van der Waals surface area contributed by atoms with Crippen LogP contribution in [-0.2, 0) is 15.0 Å². The molecule has 0 radical (unpaired) electrons. The van der Waals surface area contributed by atoms with Crippen LogP contribution in [0.4, 0.5) is 5.69 Å². The minimum Gasteiger partial charge on any atom is -0.342 e. The van der Waals surface area contributed by atoms with Gasteiger partial charge in [-0.3, -0.25) is 9.59 Å². The third-order valence-electron chi connectivity index (χ3n) is 6.23. The van der Waals surface area contributed by atoms with Crippen molar-refractivity contribution in [2.24, 2.45) is 5.92 Å². The monoisotopic (exact) mass is 356 g/mol. The molecule has 1 saturated heterocycles. The van der Waals surface area contributed by atoms with Crippen LogP contribution in [0.25, 0.3) is 0 Å². The molecule has 1 aromatic carbocycles. The number of hydrogen-bond donors (Lipinski definition) is 1.